The van der Waals surface area contributed by atoms with Gasteiger partial charge in [-0.2, -0.15) is 0 Å². The lowest BCUT2D eigenvalue weighted by Crippen LogP contribution is -2.54. The Balaban J connectivity index is 1.94. The number of carbonyl (C=O) groups excluding carboxylic acids is 1. The second-order valence-electron chi connectivity index (χ2n) is 4.27. The maximum absolute atomic E-state index is 12.1. The Kier molecular flexibility index (Phi) is 3.03. The summed E-state index contributed by atoms with van der Waals surface area (Å²) in [5.74, 6) is 0.583. The van der Waals surface area contributed by atoms with Gasteiger partial charge in [-0.1, -0.05) is 0 Å². The Morgan fingerprint density at radius 2 is 2.07 bits per heavy atom. The fourth-order valence-electron chi connectivity index (χ4n) is 2.27. The number of amides is 1. The lowest BCUT2D eigenvalue weighted by Gasteiger charge is -2.35. The summed E-state index contributed by atoms with van der Waals surface area (Å²) >= 11 is 0. The molecule has 0 radical (unpaired) electrons. The highest BCUT2D eigenvalue weighted by Gasteiger charge is 2.30. The first-order valence-electron chi connectivity index (χ1n) is 5.51. The molecule has 4 heteroatoms. The van der Waals surface area contributed by atoms with Gasteiger partial charge in [0.2, 0.25) is 5.91 Å². The fraction of sp³-hybridized carbons (Fsp3) is 0.900. The monoisotopic (exact) mass is 197 g/mol. The molecule has 0 aromatic carbocycles. The average Bonchev–Trinajstić information content (AvgIpc) is 2.70. The number of piperazine rings is 1. The summed E-state index contributed by atoms with van der Waals surface area (Å²) in [4.78, 5) is 14.1. The second kappa shape index (κ2) is 4.28. The minimum atomic E-state index is 0.232. The van der Waals surface area contributed by atoms with Crippen LogP contribution >= 0.6 is 0 Å². The molecule has 0 unspecified atom stereocenters. The first-order valence-corrected chi connectivity index (χ1v) is 5.51. The minimum Gasteiger partial charge on any atom is -0.337 e. The predicted molar refractivity (Wildman–Crippen MR) is 55.0 cm³/mol. The van der Waals surface area contributed by atoms with E-state index >= 15 is 0 Å². The molecule has 80 valence electrons. The molecule has 4 nitrogen and oxygen atoms in total. The SMILES string of the molecule is C[C@H]1CNCCN1C(=O)[C@H]1CCNC1. The highest BCUT2D eigenvalue weighted by molar-refractivity contribution is 5.79. The minimum absolute atomic E-state index is 0.232. The molecule has 2 heterocycles. The van der Waals surface area contributed by atoms with Gasteiger partial charge >= 0.3 is 0 Å². The molecule has 0 bridgehead atoms. The van der Waals surface area contributed by atoms with Gasteiger partial charge < -0.3 is 15.5 Å². The number of nitrogens with one attached hydrogen (secondary N) is 2. The summed E-state index contributed by atoms with van der Waals surface area (Å²) in [5.41, 5.74) is 0. The molecule has 2 fully saturated rings. The third-order valence-corrected chi connectivity index (χ3v) is 3.19. The van der Waals surface area contributed by atoms with Crippen molar-refractivity contribution in [3.63, 3.8) is 0 Å². The topological polar surface area (TPSA) is 44.4 Å². The van der Waals surface area contributed by atoms with Crippen molar-refractivity contribution in [3.05, 3.63) is 0 Å². The van der Waals surface area contributed by atoms with Crippen LogP contribution < -0.4 is 10.6 Å². The third kappa shape index (κ3) is 1.91. The predicted octanol–water partition coefficient (Wildman–Crippen LogP) is -0.584. The lowest BCUT2D eigenvalue weighted by atomic mass is 10.1. The fourth-order valence-corrected chi connectivity index (χ4v) is 2.27. The summed E-state index contributed by atoms with van der Waals surface area (Å²) in [6.07, 6.45) is 1.01. The van der Waals surface area contributed by atoms with Gasteiger partial charge in [0.05, 0.1) is 5.92 Å². The van der Waals surface area contributed by atoms with Crippen molar-refractivity contribution >= 4 is 5.91 Å². The smallest absolute Gasteiger partial charge is 0.227 e. The number of nitrogens with zero attached hydrogens (tertiary/aromatic N) is 1. The van der Waals surface area contributed by atoms with E-state index in [4.69, 9.17) is 0 Å². The molecule has 14 heavy (non-hydrogen) atoms. The zero-order valence-electron chi connectivity index (χ0n) is 8.75. The third-order valence-electron chi connectivity index (χ3n) is 3.19. The molecular weight excluding hydrogens is 178 g/mol. The van der Waals surface area contributed by atoms with Crippen LogP contribution in [0.25, 0.3) is 0 Å². The molecule has 0 aromatic heterocycles. The maximum Gasteiger partial charge on any atom is 0.227 e. The van der Waals surface area contributed by atoms with Gasteiger partial charge in [0.15, 0.2) is 0 Å². The molecule has 2 aliphatic rings. The van der Waals surface area contributed by atoms with Gasteiger partial charge in [0.25, 0.3) is 0 Å². The Labute approximate surface area is 85.0 Å². The van der Waals surface area contributed by atoms with Gasteiger partial charge in [-0.3, -0.25) is 4.79 Å². The molecule has 0 aliphatic carbocycles. The Bertz CT molecular complexity index is 213. The van der Waals surface area contributed by atoms with E-state index in [0.29, 0.717) is 11.9 Å². The summed E-state index contributed by atoms with van der Waals surface area (Å²) < 4.78 is 0. The van der Waals surface area contributed by atoms with Crippen LogP contribution in [-0.2, 0) is 4.79 Å². The van der Waals surface area contributed by atoms with Crippen LogP contribution in [0.5, 0.6) is 0 Å². The van der Waals surface area contributed by atoms with Gasteiger partial charge in [-0.05, 0) is 19.9 Å². The van der Waals surface area contributed by atoms with Crippen molar-refractivity contribution in [1.82, 2.24) is 15.5 Å². The van der Waals surface area contributed by atoms with Crippen molar-refractivity contribution in [2.75, 3.05) is 32.7 Å². The van der Waals surface area contributed by atoms with Crippen LogP contribution in [-0.4, -0.2) is 49.6 Å². The van der Waals surface area contributed by atoms with Crippen molar-refractivity contribution in [2.45, 2.75) is 19.4 Å². The average molecular weight is 197 g/mol. The first kappa shape index (κ1) is 9.93. The van der Waals surface area contributed by atoms with Crippen molar-refractivity contribution in [1.29, 1.82) is 0 Å². The van der Waals surface area contributed by atoms with Crippen LogP contribution in [0.3, 0.4) is 0 Å². The van der Waals surface area contributed by atoms with E-state index in [1.165, 1.54) is 0 Å². The largest absolute Gasteiger partial charge is 0.337 e. The van der Waals surface area contributed by atoms with E-state index in [1.54, 1.807) is 0 Å². The number of hydrogen-bond donors (Lipinski definition) is 2. The highest BCUT2D eigenvalue weighted by Crippen LogP contribution is 2.14. The van der Waals surface area contributed by atoms with E-state index < -0.39 is 0 Å². The van der Waals surface area contributed by atoms with Gasteiger partial charge in [-0.15, -0.1) is 0 Å². The van der Waals surface area contributed by atoms with Gasteiger partial charge in [0, 0.05) is 32.2 Å². The maximum atomic E-state index is 12.1. The van der Waals surface area contributed by atoms with Gasteiger partial charge in [0.1, 0.15) is 0 Å². The normalized spacial score (nSPS) is 33.4. The van der Waals surface area contributed by atoms with Crippen LogP contribution in [0.2, 0.25) is 0 Å². The molecule has 2 N–H and O–H groups in total. The molecule has 0 saturated carbocycles. The Morgan fingerprint density at radius 3 is 2.71 bits per heavy atom. The van der Waals surface area contributed by atoms with E-state index in [0.717, 1.165) is 39.1 Å². The van der Waals surface area contributed by atoms with E-state index in [2.05, 4.69) is 17.6 Å². The number of rotatable bonds is 1. The highest BCUT2D eigenvalue weighted by atomic mass is 16.2. The second-order valence-corrected chi connectivity index (χ2v) is 4.27. The molecule has 2 rings (SSSR count). The number of carbonyl (C=O) groups is 1. The molecule has 1 amide bonds. The Morgan fingerprint density at radius 1 is 1.29 bits per heavy atom. The van der Waals surface area contributed by atoms with Crippen molar-refractivity contribution in [2.24, 2.45) is 5.92 Å². The van der Waals surface area contributed by atoms with Gasteiger partial charge in [-0.25, -0.2) is 0 Å². The van der Waals surface area contributed by atoms with E-state index in [9.17, 15) is 4.79 Å². The van der Waals surface area contributed by atoms with Crippen molar-refractivity contribution in [3.8, 4) is 0 Å². The molecular formula is C10H19N3O. The van der Waals surface area contributed by atoms with Crippen LogP contribution in [0.1, 0.15) is 13.3 Å². The molecule has 2 atom stereocenters. The zero-order chi connectivity index (χ0) is 9.97. The quantitative estimate of drug-likeness (QED) is 0.591. The molecule has 0 aromatic rings. The van der Waals surface area contributed by atoms with Crippen LogP contribution in [0.4, 0.5) is 0 Å². The summed E-state index contributed by atoms with van der Waals surface area (Å²) in [5, 5.41) is 6.54. The lowest BCUT2D eigenvalue weighted by molar-refractivity contribution is -0.137. The van der Waals surface area contributed by atoms with Crippen molar-refractivity contribution < 1.29 is 4.79 Å². The molecule has 0 spiro atoms. The zero-order valence-corrected chi connectivity index (χ0v) is 8.75. The van der Waals surface area contributed by atoms with E-state index in [1.807, 2.05) is 4.90 Å². The first-order chi connectivity index (χ1) is 6.79. The standard InChI is InChI=1S/C10H19N3O/c1-8-6-12-4-5-13(8)10(14)9-2-3-11-7-9/h8-9,11-12H,2-7H2,1H3/t8-,9-/m0/s1. The van der Waals surface area contributed by atoms with Crippen LogP contribution in [0.15, 0.2) is 0 Å². The summed E-state index contributed by atoms with van der Waals surface area (Å²) in [6.45, 7) is 6.73. The molecule has 2 saturated heterocycles. The molecule has 2 aliphatic heterocycles. The van der Waals surface area contributed by atoms with Crippen LogP contribution in [0, 0.1) is 5.92 Å². The number of hydrogen-bond acceptors (Lipinski definition) is 3. The summed E-state index contributed by atoms with van der Waals surface area (Å²) in [6, 6.07) is 0.358. The van der Waals surface area contributed by atoms with E-state index in [-0.39, 0.29) is 5.92 Å². The Hall–Kier alpha value is -0.610. The summed E-state index contributed by atoms with van der Waals surface area (Å²) in [7, 11) is 0.